The highest BCUT2D eigenvalue weighted by molar-refractivity contribution is 5.91. The second-order valence-electron chi connectivity index (χ2n) is 6.56. The van der Waals surface area contributed by atoms with Gasteiger partial charge in [0, 0.05) is 52.0 Å². The van der Waals surface area contributed by atoms with Crippen molar-refractivity contribution in [3.8, 4) is 5.88 Å². The molecule has 0 radical (unpaired) electrons. The Morgan fingerprint density at radius 3 is 2.63 bits per heavy atom. The maximum atomic E-state index is 12.3. The zero-order chi connectivity index (χ0) is 21.6. The smallest absolute Gasteiger partial charge is 0.422 e. The Morgan fingerprint density at radius 2 is 2.00 bits per heavy atom. The van der Waals surface area contributed by atoms with Crippen LogP contribution < -0.4 is 10.1 Å². The molecule has 30 heavy (non-hydrogen) atoms. The number of halogens is 3. The van der Waals surface area contributed by atoms with Crippen LogP contribution in [-0.4, -0.2) is 72.7 Å². The van der Waals surface area contributed by atoms with Gasteiger partial charge in [-0.1, -0.05) is 0 Å². The summed E-state index contributed by atoms with van der Waals surface area (Å²) in [5.74, 6) is 0.708. The molecule has 0 unspecified atom stereocenters. The highest BCUT2D eigenvalue weighted by Gasteiger charge is 2.29. The Labute approximate surface area is 171 Å². The molecule has 0 spiro atoms. The highest BCUT2D eigenvalue weighted by Crippen LogP contribution is 2.17. The Morgan fingerprint density at radius 1 is 1.27 bits per heavy atom. The summed E-state index contributed by atoms with van der Waals surface area (Å²) < 4.78 is 46.7. The van der Waals surface area contributed by atoms with Gasteiger partial charge < -0.3 is 24.3 Å². The summed E-state index contributed by atoms with van der Waals surface area (Å²) in [4.78, 5) is 24.1. The number of amides is 1. The summed E-state index contributed by atoms with van der Waals surface area (Å²) in [6.45, 7) is 1.16. The van der Waals surface area contributed by atoms with Crippen LogP contribution in [-0.2, 0) is 6.54 Å². The fourth-order valence-corrected chi connectivity index (χ4v) is 2.99. The van der Waals surface area contributed by atoms with Crippen molar-refractivity contribution in [1.29, 1.82) is 0 Å². The van der Waals surface area contributed by atoms with Gasteiger partial charge in [-0.15, -0.1) is 0 Å². The molecule has 0 atom stereocenters. The highest BCUT2D eigenvalue weighted by atomic mass is 19.4. The lowest BCUT2D eigenvalue weighted by Crippen LogP contribution is -2.53. The lowest BCUT2D eigenvalue weighted by atomic mass is 10.2. The predicted molar refractivity (Wildman–Crippen MR) is 102 cm³/mol. The topological polar surface area (TPSA) is 83.2 Å². The van der Waals surface area contributed by atoms with E-state index in [0.29, 0.717) is 50.0 Å². The zero-order valence-corrected chi connectivity index (χ0v) is 16.4. The number of carbonyl (C=O) groups is 1. The number of hydrogen-bond acceptors (Lipinski definition) is 5. The molecular formula is C19H22F3N5O3. The normalized spacial score (nSPS) is 15.3. The Kier molecular flexibility index (Phi) is 6.80. The summed E-state index contributed by atoms with van der Waals surface area (Å²) in [6.07, 6.45) is -1.56. The quantitative estimate of drug-likeness (QED) is 0.584. The lowest BCUT2D eigenvalue weighted by molar-refractivity contribution is -0.154. The molecule has 0 aliphatic carbocycles. The summed E-state index contributed by atoms with van der Waals surface area (Å²) in [5, 5.41) is 3.18. The first-order valence-electron chi connectivity index (χ1n) is 9.28. The molecule has 0 saturated carbocycles. The molecular weight excluding hydrogens is 403 g/mol. The number of hydrogen-bond donors (Lipinski definition) is 1. The van der Waals surface area contributed by atoms with Gasteiger partial charge in [0.25, 0.3) is 5.91 Å². The number of piperazine rings is 1. The van der Waals surface area contributed by atoms with Crippen LogP contribution in [0.1, 0.15) is 16.1 Å². The largest absolute Gasteiger partial charge is 0.468 e. The SMILES string of the molecule is CN=C(NCc1ccnc(OCC(F)(F)F)c1)N1CCN(C(=O)c2ccco2)CC1. The standard InChI is InChI=1S/C19H22F3N5O3/c1-23-18(25-12-14-4-5-24-16(11-14)30-13-19(20,21)22)27-8-6-26(7-9-27)17(28)15-3-2-10-29-15/h2-5,10-11H,6-9,12-13H2,1H3,(H,23,25). The molecule has 1 amide bonds. The van der Waals surface area contributed by atoms with Crippen molar-refractivity contribution in [3.63, 3.8) is 0 Å². The van der Waals surface area contributed by atoms with Gasteiger partial charge in [-0.2, -0.15) is 13.2 Å². The minimum Gasteiger partial charge on any atom is -0.468 e. The van der Waals surface area contributed by atoms with E-state index in [2.05, 4.69) is 20.0 Å². The van der Waals surface area contributed by atoms with Crippen molar-refractivity contribution in [3.05, 3.63) is 48.0 Å². The van der Waals surface area contributed by atoms with Gasteiger partial charge in [0.05, 0.1) is 6.26 Å². The number of alkyl halides is 3. The van der Waals surface area contributed by atoms with Gasteiger partial charge in [-0.3, -0.25) is 9.79 Å². The van der Waals surface area contributed by atoms with Gasteiger partial charge in [-0.25, -0.2) is 4.98 Å². The number of guanidine groups is 1. The molecule has 0 bridgehead atoms. The number of furan rings is 1. The molecule has 1 aliphatic heterocycles. The van der Waals surface area contributed by atoms with Crippen molar-refractivity contribution >= 4 is 11.9 Å². The van der Waals surface area contributed by atoms with Crippen molar-refractivity contribution in [2.24, 2.45) is 4.99 Å². The third kappa shape index (κ3) is 5.88. The van der Waals surface area contributed by atoms with E-state index in [1.54, 1.807) is 30.1 Å². The van der Waals surface area contributed by atoms with E-state index in [9.17, 15) is 18.0 Å². The number of nitrogens with zero attached hydrogens (tertiary/aromatic N) is 4. The number of carbonyl (C=O) groups excluding carboxylic acids is 1. The van der Waals surface area contributed by atoms with Gasteiger partial charge in [-0.05, 0) is 23.8 Å². The van der Waals surface area contributed by atoms with Crippen LogP contribution in [0.4, 0.5) is 13.2 Å². The Balaban J connectivity index is 1.50. The minimum atomic E-state index is -4.42. The van der Waals surface area contributed by atoms with Crippen molar-refractivity contribution in [1.82, 2.24) is 20.1 Å². The number of aromatic nitrogens is 1. The Bertz CT molecular complexity index is 863. The van der Waals surface area contributed by atoms with Crippen LogP contribution in [0.2, 0.25) is 0 Å². The average molecular weight is 425 g/mol. The lowest BCUT2D eigenvalue weighted by Gasteiger charge is -2.36. The van der Waals surface area contributed by atoms with Gasteiger partial charge in [0.15, 0.2) is 18.3 Å². The van der Waals surface area contributed by atoms with Crippen LogP contribution >= 0.6 is 0 Å². The van der Waals surface area contributed by atoms with E-state index < -0.39 is 12.8 Å². The maximum absolute atomic E-state index is 12.3. The van der Waals surface area contributed by atoms with Crippen molar-refractivity contribution < 1.29 is 27.1 Å². The number of aliphatic imine (C=N–C) groups is 1. The summed E-state index contributed by atoms with van der Waals surface area (Å²) in [5.41, 5.74) is 0.704. The van der Waals surface area contributed by atoms with Crippen LogP contribution in [0.5, 0.6) is 5.88 Å². The fourth-order valence-electron chi connectivity index (χ4n) is 2.99. The Hall–Kier alpha value is -3.24. The molecule has 3 heterocycles. The molecule has 11 heteroatoms. The second kappa shape index (κ2) is 9.51. The number of rotatable bonds is 5. The molecule has 2 aromatic heterocycles. The van der Waals surface area contributed by atoms with E-state index in [1.807, 2.05) is 4.90 Å². The molecule has 162 valence electrons. The van der Waals surface area contributed by atoms with E-state index in [0.717, 1.165) is 0 Å². The van der Waals surface area contributed by atoms with Crippen molar-refractivity contribution in [2.75, 3.05) is 39.8 Å². The molecule has 1 saturated heterocycles. The van der Waals surface area contributed by atoms with Crippen LogP contribution in [0.3, 0.4) is 0 Å². The summed E-state index contributed by atoms with van der Waals surface area (Å²) in [6, 6.07) is 6.44. The van der Waals surface area contributed by atoms with Gasteiger partial charge in [0.2, 0.25) is 5.88 Å². The molecule has 1 aliphatic rings. The average Bonchev–Trinajstić information content (AvgIpc) is 3.27. The van der Waals surface area contributed by atoms with E-state index in [4.69, 9.17) is 4.42 Å². The van der Waals surface area contributed by atoms with Crippen LogP contribution in [0.15, 0.2) is 46.1 Å². The number of pyridine rings is 1. The number of nitrogens with one attached hydrogen (secondary N) is 1. The molecule has 1 N–H and O–H groups in total. The monoisotopic (exact) mass is 425 g/mol. The van der Waals surface area contributed by atoms with Gasteiger partial charge >= 0.3 is 6.18 Å². The molecule has 0 aromatic carbocycles. The van der Waals surface area contributed by atoms with Crippen LogP contribution in [0, 0.1) is 0 Å². The molecule has 1 fully saturated rings. The van der Waals surface area contributed by atoms with Crippen LogP contribution in [0.25, 0.3) is 0 Å². The first kappa shape index (κ1) is 21.5. The minimum absolute atomic E-state index is 0.0911. The maximum Gasteiger partial charge on any atom is 0.422 e. The third-order valence-corrected chi connectivity index (χ3v) is 4.44. The first-order chi connectivity index (χ1) is 14.4. The van der Waals surface area contributed by atoms with E-state index >= 15 is 0 Å². The zero-order valence-electron chi connectivity index (χ0n) is 16.4. The summed E-state index contributed by atoms with van der Waals surface area (Å²) in [7, 11) is 1.65. The fraction of sp³-hybridized carbons (Fsp3) is 0.421. The predicted octanol–water partition coefficient (Wildman–Crippen LogP) is 2.15. The second-order valence-corrected chi connectivity index (χ2v) is 6.56. The van der Waals surface area contributed by atoms with Crippen molar-refractivity contribution in [2.45, 2.75) is 12.7 Å². The van der Waals surface area contributed by atoms with E-state index in [-0.39, 0.29) is 11.8 Å². The van der Waals surface area contributed by atoms with Gasteiger partial charge in [0.1, 0.15) is 0 Å². The summed E-state index contributed by atoms with van der Waals surface area (Å²) >= 11 is 0. The molecule has 8 nitrogen and oxygen atoms in total. The van der Waals surface area contributed by atoms with E-state index in [1.165, 1.54) is 18.5 Å². The number of ether oxygens (including phenoxy) is 1. The molecule has 3 rings (SSSR count). The first-order valence-corrected chi connectivity index (χ1v) is 9.28. The molecule has 2 aromatic rings. The third-order valence-electron chi connectivity index (χ3n) is 4.44.